The number of piperidine rings is 1. The van der Waals surface area contributed by atoms with E-state index in [-0.39, 0.29) is 11.1 Å². The number of para-hydroxylation sites is 1. The first-order valence-electron chi connectivity index (χ1n) is 13.1. The normalized spacial score (nSPS) is 22.2. The summed E-state index contributed by atoms with van der Waals surface area (Å²) >= 11 is 0. The molecule has 1 aromatic carbocycles. The molecule has 1 unspecified atom stereocenters. The number of anilines is 1. The van der Waals surface area contributed by atoms with E-state index in [0.717, 1.165) is 49.1 Å². The third kappa shape index (κ3) is 5.22. The zero-order valence-electron chi connectivity index (χ0n) is 20.9. The topological polar surface area (TPSA) is 115 Å². The average molecular weight is 513 g/mol. The van der Waals surface area contributed by atoms with Crippen molar-refractivity contribution in [2.75, 3.05) is 18.0 Å². The molecule has 8 nitrogen and oxygen atoms in total. The lowest BCUT2D eigenvalue weighted by Crippen LogP contribution is -2.44. The molecular formula is C27H36N4O4S. The van der Waals surface area contributed by atoms with Crippen LogP contribution in [0.3, 0.4) is 0 Å². The van der Waals surface area contributed by atoms with Crippen molar-refractivity contribution in [1.29, 1.82) is 0 Å². The Balaban J connectivity index is 1.33. The highest BCUT2D eigenvalue weighted by Crippen LogP contribution is 2.46. The van der Waals surface area contributed by atoms with Gasteiger partial charge in [0.2, 0.25) is 0 Å². The number of carbonyl (C=O) groups is 1. The molecule has 9 heteroatoms. The number of nitrogens with one attached hydrogen (secondary N) is 1. The molecule has 1 aliphatic heterocycles. The van der Waals surface area contributed by atoms with Gasteiger partial charge in [-0.1, -0.05) is 43.5 Å². The molecule has 3 fully saturated rings. The van der Waals surface area contributed by atoms with Crippen molar-refractivity contribution in [3.8, 4) is 5.75 Å². The lowest BCUT2D eigenvalue weighted by Gasteiger charge is -2.31. The van der Waals surface area contributed by atoms with Crippen molar-refractivity contribution in [2.45, 2.75) is 87.3 Å². The smallest absolute Gasteiger partial charge is 0.281 e. The van der Waals surface area contributed by atoms with Gasteiger partial charge in [-0.2, -0.15) is 8.42 Å². The molecular weight excluding hydrogens is 476 g/mol. The fourth-order valence-electron chi connectivity index (χ4n) is 5.45. The number of nitrogens with zero attached hydrogens (tertiary/aromatic N) is 2. The maximum absolute atomic E-state index is 13.3. The second-order valence-electron chi connectivity index (χ2n) is 10.5. The molecule has 1 amide bonds. The lowest BCUT2D eigenvalue weighted by atomic mass is 9.83. The summed E-state index contributed by atoms with van der Waals surface area (Å²) in [4.78, 5) is 19.6. The molecule has 1 saturated heterocycles. The van der Waals surface area contributed by atoms with Crippen molar-refractivity contribution in [2.24, 2.45) is 5.73 Å². The minimum Gasteiger partial charge on any atom is -0.477 e. The first-order valence-corrected chi connectivity index (χ1v) is 14.6. The Morgan fingerprint density at radius 1 is 1.08 bits per heavy atom. The van der Waals surface area contributed by atoms with Crippen LogP contribution in [0.15, 0.2) is 41.4 Å². The average Bonchev–Trinajstić information content (AvgIpc) is 3.67. The summed E-state index contributed by atoms with van der Waals surface area (Å²) in [5.74, 6) is 1.06. The van der Waals surface area contributed by atoms with E-state index < -0.39 is 21.5 Å². The monoisotopic (exact) mass is 512 g/mol. The Morgan fingerprint density at radius 2 is 1.83 bits per heavy atom. The zero-order valence-corrected chi connectivity index (χ0v) is 21.7. The zero-order chi connectivity index (χ0) is 25.3. The lowest BCUT2D eigenvalue weighted by molar-refractivity contribution is -0.128. The molecule has 5 rings (SSSR count). The van der Waals surface area contributed by atoms with Crippen LogP contribution in [0.5, 0.6) is 5.75 Å². The molecule has 2 heterocycles. The van der Waals surface area contributed by atoms with E-state index >= 15 is 0 Å². The maximum Gasteiger partial charge on any atom is 0.281 e. The minimum absolute atomic E-state index is 0.0346. The third-order valence-corrected chi connectivity index (χ3v) is 8.93. The van der Waals surface area contributed by atoms with Crippen molar-refractivity contribution in [3.05, 3.63) is 47.5 Å². The second kappa shape index (κ2) is 10.0. The highest BCUT2D eigenvalue weighted by atomic mass is 32.2. The van der Waals surface area contributed by atoms with Gasteiger partial charge in [-0.15, -0.1) is 0 Å². The molecule has 3 aliphatic rings. The number of rotatable bonds is 7. The molecule has 36 heavy (non-hydrogen) atoms. The van der Waals surface area contributed by atoms with Crippen molar-refractivity contribution >= 4 is 21.7 Å². The number of benzene rings is 1. The van der Waals surface area contributed by atoms with Gasteiger partial charge in [0, 0.05) is 32.0 Å². The number of pyridine rings is 1. The Labute approximate surface area is 213 Å². The molecule has 0 bridgehead atoms. The predicted molar refractivity (Wildman–Crippen MR) is 139 cm³/mol. The molecule has 1 aromatic heterocycles. The van der Waals surface area contributed by atoms with E-state index in [0.29, 0.717) is 31.1 Å². The standard InChI is InChI=1S/C27H36N4O4S/c1-19-8-5-12-22(20-9-3-2-4-10-20)25(19)35-27(15-16-27)26(32)30-36(33,34)24-14-6-13-23(29-24)31-17-7-11-21(28)18-31/h5-6,8,12-14,20-21H,2-4,7,9-11,15-18,28H2,1H3,(H,30,32). The van der Waals surface area contributed by atoms with Gasteiger partial charge in [0.05, 0.1) is 0 Å². The SMILES string of the molecule is Cc1cccc(C2CCCCC2)c1OC1(C(=O)NS(=O)(=O)c2cccc(N3CCCC(N)C3)n2)CC1. The summed E-state index contributed by atoms with van der Waals surface area (Å²) in [5, 5.41) is -0.179. The Kier molecular flexibility index (Phi) is 6.96. The first kappa shape index (κ1) is 25.0. The van der Waals surface area contributed by atoms with Gasteiger partial charge in [-0.3, -0.25) is 4.79 Å². The Morgan fingerprint density at radius 3 is 2.56 bits per heavy atom. The van der Waals surface area contributed by atoms with Crippen LogP contribution in [-0.2, 0) is 14.8 Å². The second-order valence-corrected chi connectivity index (χ2v) is 12.2. The van der Waals surface area contributed by atoms with Crippen LogP contribution in [-0.4, -0.2) is 44.0 Å². The predicted octanol–water partition coefficient (Wildman–Crippen LogP) is 3.78. The molecule has 2 aliphatic carbocycles. The van der Waals surface area contributed by atoms with E-state index in [1.807, 2.05) is 24.0 Å². The summed E-state index contributed by atoms with van der Waals surface area (Å²) in [5.41, 5.74) is 7.01. The summed E-state index contributed by atoms with van der Waals surface area (Å²) in [6.45, 7) is 3.38. The number of hydrogen-bond acceptors (Lipinski definition) is 7. The molecule has 1 atom stereocenters. The number of aryl methyl sites for hydroxylation is 1. The van der Waals surface area contributed by atoms with Crippen LogP contribution >= 0.6 is 0 Å². The number of amides is 1. The highest BCUT2D eigenvalue weighted by molar-refractivity contribution is 7.90. The maximum atomic E-state index is 13.3. The largest absolute Gasteiger partial charge is 0.477 e. The molecule has 0 radical (unpaired) electrons. The van der Waals surface area contributed by atoms with Crippen molar-refractivity contribution < 1.29 is 17.9 Å². The van der Waals surface area contributed by atoms with Gasteiger partial charge in [0.25, 0.3) is 15.9 Å². The number of sulfonamides is 1. The number of aromatic nitrogens is 1. The summed E-state index contributed by atoms with van der Waals surface area (Å²) in [6, 6.07) is 11.0. The van der Waals surface area contributed by atoms with Gasteiger partial charge in [0.1, 0.15) is 11.6 Å². The summed E-state index contributed by atoms with van der Waals surface area (Å²) < 4.78 is 35.0. The molecule has 2 saturated carbocycles. The van der Waals surface area contributed by atoms with Gasteiger partial charge >= 0.3 is 0 Å². The van der Waals surface area contributed by atoms with Gasteiger partial charge < -0.3 is 15.4 Å². The fourth-order valence-corrected chi connectivity index (χ4v) is 6.46. The van der Waals surface area contributed by atoms with E-state index in [9.17, 15) is 13.2 Å². The van der Waals surface area contributed by atoms with Crippen LogP contribution in [0.2, 0.25) is 0 Å². The van der Waals surface area contributed by atoms with Crippen LogP contribution < -0.4 is 20.1 Å². The number of carbonyl (C=O) groups excluding carboxylic acids is 1. The van der Waals surface area contributed by atoms with Gasteiger partial charge in [0.15, 0.2) is 10.6 Å². The quantitative estimate of drug-likeness (QED) is 0.580. The number of hydrogen-bond donors (Lipinski definition) is 2. The van der Waals surface area contributed by atoms with Crippen LogP contribution in [0, 0.1) is 6.92 Å². The van der Waals surface area contributed by atoms with E-state index in [2.05, 4.69) is 15.8 Å². The van der Waals surface area contributed by atoms with Crippen LogP contribution in [0.25, 0.3) is 0 Å². The van der Waals surface area contributed by atoms with Gasteiger partial charge in [-0.05, 0) is 61.8 Å². The number of ether oxygens (including phenoxy) is 1. The van der Waals surface area contributed by atoms with Crippen molar-refractivity contribution in [3.63, 3.8) is 0 Å². The Hall–Kier alpha value is -2.65. The molecule has 0 spiro atoms. The van der Waals surface area contributed by atoms with E-state index in [4.69, 9.17) is 10.5 Å². The molecule has 3 N–H and O–H groups in total. The summed E-state index contributed by atoms with van der Waals surface area (Å²) in [6.07, 6.45) is 8.68. The number of nitrogens with two attached hydrogens (primary N) is 1. The summed E-state index contributed by atoms with van der Waals surface area (Å²) in [7, 11) is -4.16. The van der Waals surface area contributed by atoms with Crippen molar-refractivity contribution in [1.82, 2.24) is 9.71 Å². The molecule has 194 valence electrons. The third-order valence-electron chi connectivity index (χ3n) is 7.70. The van der Waals surface area contributed by atoms with Crippen LogP contribution in [0.4, 0.5) is 5.82 Å². The molecule has 2 aromatic rings. The first-order chi connectivity index (χ1) is 17.3. The highest BCUT2D eigenvalue weighted by Gasteiger charge is 2.54. The Bertz CT molecular complexity index is 1220. The van der Waals surface area contributed by atoms with E-state index in [1.54, 1.807) is 12.1 Å². The van der Waals surface area contributed by atoms with Gasteiger partial charge in [-0.25, -0.2) is 9.71 Å². The van der Waals surface area contributed by atoms with E-state index in [1.165, 1.54) is 25.3 Å². The minimum atomic E-state index is -4.16. The fraction of sp³-hybridized carbons (Fsp3) is 0.556. The van der Waals surface area contributed by atoms with Crippen LogP contribution in [0.1, 0.15) is 74.8 Å².